The van der Waals surface area contributed by atoms with Gasteiger partial charge in [-0.3, -0.25) is 0 Å². The van der Waals surface area contributed by atoms with E-state index in [1.54, 1.807) is 8.61 Å². The summed E-state index contributed by atoms with van der Waals surface area (Å²) < 4.78 is 34.2. The van der Waals surface area contributed by atoms with E-state index >= 15 is 0 Å². The molecule has 2 heterocycles. The highest BCUT2D eigenvalue weighted by atomic mass is 35.5. The van der Waals surface area contributed by atoms with Crippen LogP contribution in [0.4, 0.5) is 0 Å². The summed E-state index contributed by atoms with van der Waals surface area (Å²) in [5, 5.41) is 3.17. The van der Waals surface area contributed by atoms with Crippen molar-refractivity contribution in [2.75, 3.05) is 46.4 Å². The Morgan fingerprint density at radius 3 is 2.33 bits per heavy atom. The summed E-state index contributed by atoms with van der Waals surface area (Å²) in [6, 6.07) is 0. The molecule has 0 saturated carbocycles. The van der Waals surface area contributed by atoms with E-state index in [4.69, 9.17) is 4.74 Å². The van der Waals surface area contributed by atoms with Gasteiger partial charge in [0, 0.05) is 26.2 Å². The molecular formula is C13H28ClN3O3S. The molecule has 2 saturated heterocycles. The van der Waals surface area contributed by atoms with E-state index < -0.39 is 15.8 Å². The van der Waals surface area contributed by atoms with Gasteiger partial charge >= 0.3 is 0 Å². The second-order valence-corrected chi connectivity index (χ2v) is 8.28. The van der Waals surface area contributed by atoms with Crippen molar-refractivity contribution in [2.45, 2.75) is 32.3 Å². The van der Waals surface area contributed by atoms with Crippen molar-refractivity contribution < 1.29 is 13.2 Å². The molecule has 0 spiro atoms. The lowest BCUT2D eigenvalue weighted by molar-refractivity contribution is -0.0654. The number of rotatable bonds is 4. The van der Waals surface area contributed by atoms with Gasteiger partial charge < -0.3 is 10.1 Å². The number of piperidine rings is 1. The van der Waals surface area contributed by atoms with Crippen LogP contribution in [0.3, 0.4) is 0 Å². The molecule has 0 bridgehead atoms. The molecule has 0 atom stereocenters. The number of hydrogen-bond acceptors (Lipinski definition) is 4. The van der Waals surface area contributed by atoms with Gasteiger partial charge in [0.2, 0.25) is 0 Å². The molecule has 2 aliphatic heterocycles. The molecule has 0 radical (unpaired) electrons. The van der Waals surface area contributed by atoms with Crippen LogP contribution in [0.5, 0.6) is 0 Å². The molecule has 0 unspecified atom stereocenters. The second-order valence-electron chi connectivity index (χ2n) is 6.35. The average molecular weight is 342 g/mol. The van der Waals surface area contributed by atoms with Crippen LogP contribution < -0.4 is 5.32 Å². The Labute approximate surface area is 134 Å². The van der Waals surface area contributed by atoms with Crippen LogP contribution in [0.1, 0.15) is 26.7 Å². The van der Waals surface area contributed by atoms with E-state index in [-0.39, 0.29) is 12.4 Å². The maximum absolute atomic E-state index is 12.7. The van der Waals surface area contributed by atoms with E-state index in [2.05, 4.69) is 5.32 Å². The summed E-state index contributed by atoms with van der Waals surface area (Å²) in [4.78, 5) is 0. The molecule has 2 aliphatic rings. The van der Waals surface area contributed by atoms with E-state index in [0.29, 0.717) is 38.7 Å². The molecule has 0 amide bonds. The van der Waals surface area contributed by atoms with Gasteiger partial charge in [0.15, 0.2) is 0 Å². The van der Waals surface area contributed by atoms with Crippen molar-refractivity contribution in [3.8, 4) is 0 Å². The molecule has 0 aromatic carbocycles. The number of ether oxygens (including phenoxy) is 1. The lowest BCUT2D eigenvalue weighted by Crippen LogP contribution is -2.55. The van der Waals surface area contributed by atoms with Crippen molar-refractivity contribution in [1.29, 1.82) is 0 Å². The van der Waals surface area contributed by atoms with Crippen molar-refractivity contribution in [2.24, 2.45) is 5.92 Å². The lowest BCUT2D eigenvalue weighted by Gasteiger charge is -2.41. The molecule has 21 heavy (non-hydrogen) atoms. The topological polar surface area (TPSA) is 61.9 Å². The van der Waals surface area contributed by atoms with E-state index in [0.717, 1.165) is 19.4 Å². The first-order valence-corrected chi connectivity index (χ1v) is 8.79. The zero-order valence-electron chi connectivity index (χ0n) is 13.2. The standard InChI is InChI=1S/C13H27N3O3S.ClH/c1-13(2)11-16(8-9-19-13)20(17,18)15-6-4-12(5-7-15)10-14-3;/h12,14H,4-11H2,1-3H3;1H. The first-order chi connectivity index (χ1) is 9.35. The predicted octanol–water partition coefficient (Wildman–Crippen LogP) is 0.695. The zero-order chi connectivity index (χ0) is 14.8. The maximum Gasteiger partial charge on any atom is 0.282 e. The molecule has 0 aromatic heterocycles. The monoisotopic (exact) mass is 341 g/mol. The largest absolute Gasteiger partial charge is 0.373 e. The Hall–Kier alpha value is 0.0800. The quantitative estimate of drug-likeness (QED) is 0.817. The molecule has 0 aromatic rings. The van der Waals surface area contributed by atoms with Gasteiger partial charge in [0.05, 0.1) is 12.2 Å². The molecule has 0 aliphatic carbocycles. The number of morpholine rings is 1. The minimum atomic E-state index is -3.33. The van der Waals surface area contributed by atoms with Gasteiger partial charge in [0.25, 0.3) is 10.2 Å². The fraction of sp³-hybridized carbons (Fsp3) is 1.00. The highest BCUT2D eigenvalue weighted by molar-refractivity contribution is 7.86. The summed E-state index contributed by atoms with van der Waals surface area (Å²) in [6.45, 7) is 7.48. The third-order valence-corrected chi connectivity index (χ3v) is 6.09. The number of halogens is 1. The minimum Gasteiger partial charge on any atom is -0.373 e. The number of nitrogens with zero attached hydrogens (tertiary/aromatic N) is 2. The molecule has 126 valence electrons. The van der Waals surface area contributed by atoms with Crippen LogP contribution in [-0.4, -0.2) is 69.0 Å². The number of hydrogen-bond donors (Lipinski definition) is 1. The molecule has 6 nitrogen and oxygen atoms in total. The molecule has 1 N–H and O–H groups in total. The van der Waals surface area contributed by atoms with Crippen LogP contribution in [0.15, 0.2) is 0 Å². The fourth-order valence-corrected chi connectivity index (χ4v) is 4.74. The van der Waals surface area contributed by atoms with Gasteiger partial charge in [-0.15, -0.1) is 12.4 Å². The lowest BCUT2D eigenvalue weighted by atomic mass is 9.98. The Kier molecular flexibility index (Phi) is 6.89. The van der Waals surface area contributed by atoms with Crippen LogP contribution in [-0.2, 0) is 14.9 Å². The summed E-state index contributed by atoms with van der Waals surface area (Å²) in [7, 11) is -1.38. The van der Waals surface area contributed by atoms with Gasteiger partial charge in [-0.1, -0.05) is 0 Å². The SMILES string of the molecule is CNCC1CCN(S(=O)(=O)N2CCOC(C)(C)C2)CC1.Cl. The highest BCUT2D eigenvalue weighted by Crippen LogP contribution is 2.24. The minimum absolute atomic E-state index is 0. The van der Waals surface area contributed by atoms with Gasteiger partial charge in [0.1, 0.15) is 0 Å². The summed E-state index contributed by atoms with van der Waals surface area (Å²) in [5.41, 5.74) is -0.393. The van der Waals surface area contributed by atoms with E-state index in [1.165, 1.54) is 0 Å². The van der Waals surface area contributed by atoms with Crippen molar-refractivity contribution >= 4 is 22.6 Å². The molecule has 2 rings (SSSR count). The van der Waals surface area contributed by atoms with Gasteiger partial charge in [-0.2, -0.15) is 17.0 Å². The predicted molar refractivity (Wildman–Crippen MR) is 86.0 cm³/mol. The Morgan fingerprint density at radius 2 is 1.81 bits per heavy atom. The summed E-state index contributed by atoms with van der Waals surface area (Å²) >= 11 is 0. The van der Waals surface area contributed by atoms with Crippen LogP contribution in [0.25, 0.3) is 0 Å². The van der Waals surface area contributed by atoms with Crippen molar-refractivity contribution in [1.82, 2.24) is 13.9 Å². The fourth-order valence-electron chi connectivity index (χ4n) is 2.97. The Bertz CT molecular complexity index is 422. The van der Waals surface area contributed by atoms with Crippen LogP contribution >= 0.6 is 12.4 Å². The van der Waals surface area contributed by atoms with Crippen molar-refractivity contribution in [3.05, 3.63) is 0 Å². The Balaban J connectivity index is 0.00000220. The number of nitrogens with one attached hydrogen (secondary N) is 1. The first kappa shape index (κ1) is 19.1. The molecular weight excluding hydrogens is 314 g/mol. The Morgan fingerprint density at radius 1 is 1.19 bits per heavy atom. The highest BCUT2D eigenvalue weighted by Gasteiger charge is 2.38. The molecule has 8 heteroatoms. The first-order valence-electron chi connectivity index (χ1n) is 7.39. The van der Waals surface area contributed by atoms with Gasteiger partial charge in [-0.25, -0.2) is 0 Å². The normalized spacial score (nSPS) is 25.5. The van der Waals surface area contributed by atoms with Crippen LogP contribution in [0, 0.1) is 5.92 Å². The summed E-state index contributed by atoms with van der Waals surface area (Å²) in [5.74, 6) is 0.590. The maximum atomic E-state index is 12.7. The van der Waals surface area contributed by atoms with Crippen LogP contribution in [0.2, 0.25) is 0 Å². The average Bonchev–Trinajstić information content (AvgIpc) is 2.38. The van der Waals surface area contributed by atoms with Crippen molar-refractivity contribution in [3.63, 3.8) is 0 Å². The van der Waals surface area contributed by atoms with E-state index in [1.807, 2.05) is 20.9 Å². The van der Waals surface area contributed by atoms with E-state index in [9.17, 15) is 8.42 Å². The van der Waals surface area contributed by atoms with Gasteiger partial charge in [-0.05, 0) is 46.2 Å². The smallest absolute Gasteiger partial charge is 0.282 e. The molecule has 2 fully saturated rings. The third-order valence-electron chi connectivity index (χ3n) is 4.11. The summed E-state index contributed by atoms with van der Waals surface area (Å²) in [6.07, 6.45) is 1.88. The second kappa shape index (κ2) is 7.57. The third kappa shape index (κ3) is 4.77. The zero-order valence-corrected chi connectivity index (χ0v) is 14.8.